The number of hydrogen-bond donors (Lipinski definition) is 0. The second-order valence-corrected chi connectivity index (χ2v) is 9.30. The van der Waals surface area contributed by atoms with Gasteiger partial charge in [0, 0.05) is 43.7 Å². The maximum Gasteiger partial charge on any atom is 0.256 e. The lowest BCUT2D eigenvalue weighted by Gasteiger charge is -2.45. The molecule has 1 aliphatic rings. The van der Waals surface area contributed by atoms with E-state index in [0.29, 0.717) is 25.3 Å². The van der Waals surface area contributed by atoms with Crippen LogP contribution in [0.2, 0.25) is 0 Å². The molecule has 1 aliphatic heterocycles. The summed E-state index contributed by atoms with van der Waals surface area (Å²) in [7, 11) is 0. The van der Waals surface area contributed by atoms with Gasteiger partial charge in [0.15, 0.2) is 0 Å². The second-order valence-electron chi connectivity index (χ2n) is 8.73. The highest BCUT2D eigenvalue weighted by Crippen LogP contribution is 2.33. The van der Waals surface area contributed by atoms with Crippen LogP contribution in [0, 0.1) is 0 Å². The molecule has 1 aromatic heterocycles. The zero-order valence-corrected chi connectivity index (χ0v) is 20.6. The smallest absolute Gasteiger partial charge is 0.256 e. The van der Waals surface area contributed by atoms with Gasteiger partial charge in [0.25, 0.3) is 5.91 Å². The molecule has 6 heteroatoms. The number of benzene rings is 3. The fourth-order valence-corrected chi connectivity index (χ4v) is 5.29. The van der Waals surface area contributed by atoms with Crippen molar-refractivity contribution in [3.63, 3.8) is 0 Å². The second kappa shape index (κ2) is 11.0. The number of amides is 1. The average Bonchev–Trinajstić information content (AvgIpc) is 2.93. The summed E-state index contributed by atoms with van der Waals surface area (Å²) in [4.78, 5) is 22.5. The number of rotatable bonds is 7. The Morgan fingerprint density at radius 1 is 0.943 bits per heavy atom. The van der Waals surface area contributed by atoms with Crippen LogP contribution in [0.1, 0.15) is 27.5 Å². The third-order valence-electron chi connectivity index (χ3n) is 6.65. The van der Waals surface area contributed by atoms with Gasteiger partial charge in [-0.25, -0.2) is 0 Å². The third kappa shape index (κ3) is 5.10. The third-order valence-corrected chi connectivity index (χ3v) is 7.03. The summed E-state index contributed by atoms with van der Waals surface area (Å²) in [5.41, 5.74) is 3.14. The maximum absolute atomic E-state index is 13.7. The van der Waals surface area contributed by atoms with Gasteiger partial charge in [0.05, 0.1) is 24.3 Å². The van der Waals surface area contributed by atoms with E-state index < -0.39 is 0 Å². The summed E-state index contributed by atoms with van der Waals surface area (Å²) in [6, 6.07) is 29.3. The van der Waals surface area contributed by atoms with E-state index in [-0.39, 0.29) is 18.0 Å². The Labute approximate surface area is 210 Å². The lowest BCUT2D eigenvalue weighted by atomic mass is 9.94. The van der Waals surface area contributed by atoms with Crippen LogP contribution in [0.15, 0.2) is 97.3 Å². The summed E-state index contributed by atoms with van der Waals surface area (Å²) in [6.07, 6.45) is 5.44. The van der Waals surface area contributed by atoms with E-state index >= 15 is 0 Å². The SMILES string of the molecule is CSOCC1CN(C(=O)c2cncc3ccccc23)CCN1C(c1ccccc1)c1ccccc1. The van der Waals surface area contributed by atoms with Crippen molar-refractivity contribution in [1.82, 2.24) is 14.8 Å². The van der Waals surface area contributed by atoms with Crippen LogP contribution in [0.5, 0.6) is 0 Å². The quantitative estimate of drug-likeness (QED) is 0.327. The van der Waals surface area contributed by atoms with Gasteiger partial charge < -0.3 is 9.08 Å². The van der Waals surface area contributed by atoms with E-state index in [4.69, 9.17) is 4.18 Å². The predicted octanol–water partition coefficient (Wildman–Crippen LogP) is 5.45. The fourth-order valence-electron chi connectivity index (χ4n) is 4.99. The van der Waals surface area contributed by atoms with Crippen LogP contribution in [0.3, 0.4) is 0 Å². The van der Waals surface area contributed by atoms with E-state index in [1.807, 2.05) is 41.6 Å². The lowest BCUT2D eigenvalue weighted by Crippen LogP contribution is -2.57. The molecule has 1 unspecified atom stereocenters. The summed E-state index contributed by atoms with van der Waals surface area (Å²) >= 11 is 1.37. The molecule has 0 aliphatic carbocycles. The van der Waals surface area contributed by atoms with Gasteiger partial charge in [0.1, 0.15) is 0 Å². The normalized spacial score (nSPS) is 16.6. The summed E-state index contributed by atoms with van der Waals surface area (Å²) in [5, 5.41) is 1.92. The van der Waals surface area contributed by atoms with Crippen LogP contribution in [0.25, 0.3) is 10.8 Å². The van der Waals surface area contributed by atoms with Crippen molar-refractivity contribution in [3.05, 3.63) is 114 Å². The summed E-state index contributed by atoms with van der Waals surface area (Å²) in [6.45, 7) is 2.53. The Bertz CT molecular complexity index is 1220. The number of piperazine rings is 1. The monoisotopic (exact) mass is 483 g/mol. The van der Waals surface area contributed by atoms with Gasteiger partial charge in [-0.05, 0) is 28.6 Å². The number of fused-ring (bicyclic) bond motifs is 1. The molecule has 1 saturated heterocycles. The highest BCUT2D eigenvalue weighted by atomic mass is 32.2. The van der Waals surface area contributed by atoms with Crippen LogP contribution in [-0.2, 0) is 4.18 Å². The Kier molecular flexibility index (Phi) is 7.42. The molecule has 2 heterocycles. The molecule has 1 atom stereocenters. The van der Waals surface area contributed by atoms with Gasteiger partial charge in [0.2, 0.25) is 0 Å². The molecular formula is C29H29N3O2S. The molecule has 4 aromatic rings. The zero-order valence-electron chi connectivity index (χ0n) is 19.8. The van der Waals surface area contributed by atoms with Crippen molar-refractivity contribution in [2.24, 2.45) is 0 Å². The van der Waals surface area contributed by atoms with E-state index in [1.165, 1.54) is 23.2 Å². The van der Waals surface area contributed by atoms with Crippen molar-refractivity contribution in [3.8, 4) is 0 Å². The number of carbonyl (C=O) groups is 1. The molecule has 0 saturated carbocycles. The molecule has 1 fully saturated rings. The number of hydrogen-bond acceptors (Lipinski definition) is 5. The molecule has 3 aromatic carbocycles. The van der Waals surface area contributed by atoms with Gasteiger partial charge in [-0.15, -0.1) is 0 Å². The highest BCUT2D eigenvalue weighted by molar-refractivity contribution is 7.93. The molecule has 0 spiro atoms. The molecule has 35 heavy (non-hydrogen) atoms. The van der Waals surface area contributed by atoms with Crippen molar-refractivity contribution in [1.29, 1.82) is 0 Å². The van der Waals surface area contributed by atoms with Crippen LogP contribution >= 0.6 is 12.0 Å². The zero-order chi connectivity index (χ0) is 24.0. The fraction of sp³-hybridized carbons (Fsp3) is 0.241. The van der Waals surface area contributed by atoms with Crippen molar-refractivity contribution in [2.45, 2.75) is 12.1 Å². The Morgan fingerprint density at radius 3 is 2.29 bits per heavy atom. The highest BCUT2D eigenvalue weighted by Gasteiger charge is 2.36. The van der Waals surface area contributed by atoms with Gasteiger partial charge in [-0.1, -0.05) is 84.9 Å². The molecule has 0 bridgehead atoms. The largest absolute Gasteiger partial charge is 0.336 e. The summed E-state index contributed by atoms with van der Waals surface area (Å²) < 4.78 is 5.85. The Balaban J connectivity index is 1.46. The first-order valence-corrected chi connectivity index (χ1v) is 13.0. The molecule has 178 valence electrons. The number of pyridine rings is 1. The first-order valence-electron chi connectivity index (χ1n) is 11.9. The molecule has 1 amide bonds. The minimum absolute atomic E-state index is 0.0269. The number of nitrogens with zero attached hydrogens (tertiary/aromatic N) is 3. The van der Waals surface area contributed by atoms with Crippen LogP contribution in [-0.4, -0.2) is 59.2 Å². The number of aromatic nitrogens is 1. The van der Waals surface area contributed by atoms with Crippen LogP contribution in [0.4, 0.5) is 0 Å². The van der Waals surface area contributed by atoms with Crippen molar-refractivity contribution < 1.29 is 8.98 Å². The maximum atomic E-state index is 13.7. The molecule has 5 rings (SSSR count). The van der Waals surface area contributed by atoms with Gasteiger partial charge >= 0.3 is 0 Å². The Hall–Kier alpha value is -3.19. The van der Waals surface area contributed by atoms with Crippen molar-refractivity contribution >= 4 is 28.7 Å². The number of carbonyl (C=O) groups excluding carboxylic acids is 1. The summed E-state index contributed by atoms with van der Waals surface area (Å²) in [5.74, 6) is 0.0269. The van der Waals surface area contributed by atoms with Crippen LogP contribution < -0.4 is 0 Å². The molecule has 5 nitrogen and oxygen atoms in total. The minimum atomic E-state index is 0.0269. The van der Waals surface area contributed by atoms with E-state index in [2.05, 4.69) is 70.5 Å². The van der Waals surface area contributed by atoms with E-state index in [1.54, 1.807) is 6.20 Å². The standard InChI is InChI=1S/C29H29N3O2S/c1-35-34-21-25-20-31(29(33)27-19-30-18-24-14-8-9-15-26(24)27)16-17-32(25)28(22-10-4-2-5-11-22)23-12-6-3-7-13-23/h2-15,18-19,25,28H,16-17,20-21H2,1H3. The minimum Gasteiger partial charge on any atom is -0.336 e. The topological polar surface area (TPSA) is 45.7 Å². The Morgan fingerprint density at radius 2 is 1.60 bits per heavy atom. The van der Waals surface area contributed by atoms with Gasteiger partial charge in [-0.2, -0.15) is 0 Å². The van der Waals surface area contributed by atoms with E-state index in [0.717, 1.165) is 17.3 Å². The molecule has 0 N–H and O–H groups in total. The van der Waals surface area contributed by atoms with E-state index in [9.17, 15) is 4.79 Å². The molecular weight excluding hydrogens is 454 g/mol. The lowest BCUT2D eigenvalue weighted by molar-refractivity contribution is 0.0264. The first-order chi connectivity index (χ1) is 17.3. The average molecular weight is 484 g/mol. The first kappa shape index (κ1) is 23.5. The molecule has 0 radical (unpaired) electrons. The van der Waals surface area contributed by atoms with Crippen molar-refractivity contribution in [2.75, 3.05) is 32.5 Å². The van der Waals surface area contributed by atoms with Gasteiger partial charge in [-0.3, -0.25) is 14.7 Å². The predicted molar refractivity (Wildman–Crippen MR) is 142 cm³/mol.